The number of carbonyl (C=O) groups excluding carboxylic acids is 1. The number of amides is 1. The van der Waals surface area contributed by atoms with E-state index in [4.69, 9.17) is 11.6 Å². The number of nitrogens with zero attached hydrogens (tertiary/aromatic N) is 1. The first-order valence-corrected chi connectivity index (χ1v) is 12.7. The van der Waals surface area contributed by atoms with E-state index >= 15 is 0 Å². The van der Waals surface area contributed by atoms with Crippen LogP contribution in [0.3, 0.4) is 0 Å². The number of rotatable bonds is 9. The van der Waals surface area contributed by atoms with Crippen LogP contribution >= 0.6 is 11.6 Å². The molecule has 1 amide bonds. The zero-order valence-electron chi connectivity index (χ0n) is 19.1. The summed E-state index contributed by atoms with van der Waals surface area (Å²) < 4.78 is 28.8. The number of anilines is 1. The Labute approximate surface area is 201 Å². The SMILES string of the molecule is Cc1ccc(S(=O)(=O)N(Cc2ccc(Cl)cc2)c2ccccc2C(=O)NCCC(C)C)cc1. The lowest BCUT2D eigenvalue weighted by Gasteiger charge is -2.27. The molecular weight excluding hydrogens is 456 g/mol. The van der Waals surface area contributed by atoms with Crippen molar-refractivity contribution < 1.29 is 13.2 Å². The maximum atomic E-state index is 13.8. The Morgan fingerprint density at radius 1 is 0.970 bits per heavy atom. The Balaban J connectivity index is 2.05. The monoisotopic (exact) mass is 484 g/mol. The first kappa shape index (κ1) is 24.8. The fourth-order valence-corrected chi connectivity index (χ4v) is 4.94. The zero-order chi connectivity index (χ0) is 24.0. The third-order valence-corrected chi connectivity index (χ3v) is 7.30. The number of halogens is 1. The summed E-state index contributed by atoms with van der Waals surface area (Å²) in [5, 5.41) is 3.48. The van der Waals surface area contributed by atoms with Gasteiger partial charge in [0.25, 0.3) is 15.9 Å². The molecule has 0 aliphatic rings. The van der Waals surface area contributed by atoms with Gasteiger partial charge in [-0.3, -0.25) is 9.10 Å². The van der Waals surface area contributed by atoms with Crippen LogP contribution in [0.5, 0.6) is 0 Å². The van der Waals surface area contributed by atoms with Crippen molar-refractivity contribution in [3.05, 3.63) is 94.5 Å². The highest BCUT2D eigenvalue weighted by molar-refractivity contribution is 7.92. The third-order valence-electron chi connectivity index (χ3n) is 5.27. The Hall–Kier alpha value is -2.83. The molecule has 33 heavy (non-hydrogen) atoms. The minimum Gasteiger partial charge on any atom is -0.352 e. The van der Waals surface area contributed by atoms with Gasteiger partial charge in [-0.2, -0.15) is 0 Å². The molecule has 0 unspecified atom stereocenters. The van der Waals surface area contributed by atoms with E-state index in [1.807, 2.05) is 6.92 Å². The van der Waals surface area contributed by atoms with Crippen molar-refractivity contribution in [1.82, 2.24) is 5.32 Å². The van der Waals surface area contributed by atoms with Gasteiger partial charge in [-0.05, 0) is 61.2 Å². The second kappa shape index (κ2) is 10.9. The van der Waals surface area contributed by atoms with Crippen molar-refractivity contribution in [2.24, 2.45) is 5.92 Å². The van der Waals surface area contributed by atoms with Crippen LogP contribution in [-0.4, -0.2) is 20.9 Å². The van der Waals surface area contributed by atoms with Crippen LogP contribution in [0.1, 0.15) is 41.8 Å². The molecule has 0 fully saturated rings. The van der Waals surface area contributed by atoms with Gasteiger partial charge in [0.1, 0.15) is 0 Å². The van der Waals surface area contributed by atoms with Crippen molar-refractivity contribution in [2.75, 3.05) is 10.8 Å². The maximum Gasteiger partial charge on any atom is 0.264 e. The lowest BCUT2D eigenvalue weighted by Crippen LogP contribution is -2.34. The van der Waals surface area contributed by atoms with Gasteiger partial charge >= 0.3 is 0 Å². The summed E-state index contributed by atoms with van der Waals surface area (Å²) in [7, 11) is -3.95. The van der Waals surface area contributed by atoms with Crippen molar-refractivity contribution in [3.8, 4) is 0 Å². The molecule has 0 aliphatic heterocycles. The molecule has 0 spiro atoms. The largest absolute Gasteiger partial charge is 0.352 e. The fourth-order valence-electron chi connectivity index (χ4n) is 3.35. The Bertz CT molecular complexity index is 1190. The van der Waals surface area contributed by atoms with E-state index in [0.717, 1.165) is 17.5 Å². The van der Waals surface area contributed by atoms with Crippen molar-refractivity contribution >= 4 is 33.2 Å². The van der Waals surface area contributed by atoms with Crippen LogP contribution in [0.15, 0.2) is 77.7 Å². The Morgan fingerprint density at radius 3 is 2.24 bits per heavy atom. The number of nitrogens with one attached hydrogen (secondary N) is 1. The number of carbonyl (C=O) groups is 1. The predicted octanol–water partition coefficient (Wildman–Crippen LogP) is 5.82. The molecule has 0 radical (unpaired) electrons. The molecule has 174 valence electrons. The number of aryl methyl sites for hydroxylation is 1. The summed E-state index contributed by atoms with van der Waals surface area (Å²) in [6.45, 7) is 6.65. The van der Waals surface area contributed by atoms with Gasteiger partial charge < -0.3 is 5.32 Å². The van der Waals surface area contributed by atoms with Crippen LogP contribution in [0.4, 0.5) is 5.69 Å². The van der Waals surface area contributed by atoms with E-state index in [9.17, 15) is 13.2 Å². The molecule has 0 heterocycles. The fraction of sp³-hybridized carbons (Fsp3) is 0.269. The minimum atomic E-state index is -3.95. The average Bonchev–Trinajstić information content (AvgIpc) is 2.78. The predicted molar refractivity (Wildman–Crippen MR) is 134 cm³/mol. The van der Waals surface area contributed by atoms with Gasteiger partial charge in [0, 0.05) is 11.6 Å². The maximum absolute atomic E-state index is 13.8. The highest BCUT2D eigenvalue weighted by Crippen LogP contribution is 2.29. The molecule has 7 heteroatoms. The molecule has 0 aliphatic carbocycles. The van der Waals surface area contributed by atoms with Crippen molar-refractivity contribution in [2.45, 2.75) is 38.6 Å². The number of benzene rings is 3. The van der Waals surface area contributed by atoms with Gasteiger partial charge in [-0.15, -0.1) is 0 Å². The molecule has 5 nitrogen and oxygen atoms in total. The Kier molecular flexibility index (Phi) is 8.16. The molecule has 3 rings (SSSR count). The quantitative estimate of drug-likeness (QED) is 0.416. The van der Waals surface area contributed by atoms with E-state index in [1.165, 1.54) is 4.31 Å². The number of para-hydroxylation sites is 1. The number of hydrogen-bond acceptors (Lipinski definition) is 3. The van der Waals surface area contributed by atoms with Crippen LogP contribution in [0, 0.1) is 12.8 Å². The van der Waals surface area contributed by atoms with Crippen molar-refractivity contribution in [3.63, 3.8) is 0 Å². The summed E-state index contributed by atoms with van der Waals surface area (Å²) in [5.74, 6) is 0.148. The molecule has 0 saturated heterocycles. The third kappa shape index (κ3) is 6.36. The van der Waals surface area contributed by atoms with Crippen LogP contribution in [0.25, 0.3) is 0 Å². The summed E-state index contributed by atoms with van der Waals surface area (Å²) in [6.07, 6.45) is 0.837. The number of hydrogen-bond donors (Lipinski definition) is 1. The average molecular weight is 485 g/mol. The van der Waals surface area contributed by atoms with Gasteiger partial charge in [-0.1, -0.05) is 67.4 Å². The molecule has 0 saturated carbocycles. The van der Waals surface area contributed by atoms with Gasteiger partial charge in [0.2, 0.25) is 0 Å². The second-order valence-corrected chi connectivity index (χ2v) is 10.7. The topological polar surface area (TPSA) is 66.5 Å². The highest BCUT2D eigenvalue weighted by atomic mass is 35.5. The lowest BCUT2D eigenvalue weighted by atomic mass is 10.1. The first-order chi connectivity index (χ1) is 15.7. The highest BCUT2D eigenvalue weighted by Gasteiger charge is 2.28. The first-order valence-electron chi connectivity index (χ1n) is 10.9. The molecular formula is C26H29ClN2O3S. The van der Waals surface area contributed by atoms with E-state index in [-0.39, 0.29) is 17.3 Å². The smallest absolute Gasteiger partial charge is 0.264 e. The molecule has 0 bridgehead atoms. The summed E-state index contributed by atoms with van der Waals surface area (Å²) >= 11 is 6.02. The van der Waals surface area contributed by atoms with E-state index in [0.29, 0.717) is 28.7 Å². The molecule has 0 aromatic heterocycles. The van der Waals surface area contributed by atoms with Crippen LogP contribution in [0.2, 0.25) is 5.02 Å². The van der Waals surface area contributed by atoms with Crippen molar-refractivity contribution in [1.29, 1.82) is 0 Å². The van der Waals surface area contributed by atoms with Crippen LogP contribution < -0.4 is 9.62 Å². The van der Waals surface area contributed by atoms with Gasteiger partial charge in [0.15, 0.2) is 0 Å². The summed E-state index contributed by atoms with van der Waals surface area (Å²) in [5.41, 5.74) is 2.36. The van der Waals surface area contributed by atoms with E-state index in [2.05, 4.69) is 19.2 Å². The Morgan fingerprint density at radius 2 is 1.61 bits per heavy atom. The molecule has 0 atom stereocenters. The number of sulfonamides is 1. The standard InChI is InChI=1S/C26H29ClN2O3S/c1-19(2)16-17-28-26(30)24-6-4-5-7-25(24)29(18-21-10-12-22(27)13-11-21)33(31,32)23-14-8-20(3)9-15-23/h4-15,19H,16-18H2,1-3H3,(H,28,30). The van der Waals surface area contributed by atoms with Gasteiger partial charge in [0.05, 0.1) is 22.7 Å². The molecule has 3 aromatic rings. The second-order valence-electron chi connectivity index (χ2n) is 8.41. The molecule has 1 N–H and O–H groups in total. The summed E-state index contributed by atoms with van der Waals surface area (Å²) in [6, 6.07) is 20.5. The zero-order valence-corrected chi connectivity index (χ0v) is 20.7. The van der Waals surface area contributed by atoms with Gasteiger partial charge in [-0.25, -0.2) is 8.42 Å². The molecule has 3 aromatic carbocycles. The van der Waals surface area contributed by atoms with Crippen LogP contribution in [-0.2, 0) is 16.6 Å². The normalized spacial score (nSPS) is 11.4. The van der Waals surface area contributed by atoms with E-state index < -0.39 is 10.0 Å². The minimum absolute atomic E-state index is 0.0592. The van der Waals surface area contributed by atoms with E-state index in [1.54, 1.807) is 72.8 Å². The summed E-state index contributed by atoms with van der Waals surface area (Å²) in [4.78, 5) is 13.2. The lowest BCUT2D eigenvalue weighted by molar-refractivity contribution is 0.0952.